The molecular weight excluding hydrogens is 414 g/mol. The molecule has 0 atom stereocenters. The van der Waals surface area contributed by atoms with Crippen LogP contribution in [0.25, 0.3) is 6.08 Å². The summed E-state index contributed by atoms with van der Waals surface area (Å²) in [6.45, 7) is 6.42. The number of rotatable bonds is 5. The first-order valence-corrected chi connectivity index (χ1v) is 10.7. The molecule has 4 nitrogen and oxygen atoms in total. The van der Waals surface area contributed by atoms with Gasteiger partial charge in [0.05, 0.1) is 0 Å². The van der Waals surface area contributed by atoms with Crippen molar-refractivity contribution in [2.45, 2.75) is 32.6 Å². The van der Waals surface area contributed by atoms with Crippen LogP contribution in [-0.4, -0.2) is 10.9 Å². The molecule has 152 valence electrons. The van der Waals surface area contributed by atoms with Crippen LogP contribution >= 0.6 is 22.9 Å². The Hall–Kier alpha value is -2.94. The van der Waals surface area contributed by atoms with E-state index in [9.17, 15) is 10.1 Å². The van der Waals surface area contributed by atoms with Gasteiger partial charge in [-0.1, -0.05) is 68.8 Å². The third kappa shape index (κ3) is 5.79. The molecule has 0 aliphatic heterocycles. The third-order valence-corrected chi connectivity index (χ3v) is 5.64. The zero-order chi connectivity index (χ0) is 21.7. The van der Waals surface area contributed by atoms with Gasteiger partial charge in [-0.05, 0) is 40.3 Å². The molecule has 0 bridgehead atoms. The zero-order valence-corrected chi connectivity index (χ0v) is 18.6. The van der Waals surface area contributed by atoms with Crippen LogP contribution in [-0.2, 0) is 16.6 Å². The Kier molecular flexibility index (Phi) is 6.71. The number of nitrogens with zero attached hydrogens (tertiary/aromatic N) is 2. The van der Waals surface area contributed by atoms with Gasteiger partial charge in [-0.3, -0.25) is 10.1 Å². The maximum atomic E-state index is 12.5. The Bertz CT molecular complexity index is 1120. The monoisotopic (exact) mass is 435 g/mol. The molecule has 0 saturated carbocycles. The summed E-state index contributed by atoms with van der Waals surface area (Å²) in [5.74, 6) is -0.471. The van der Waals surface area contributed by atoms with Crippen molar-refractivity contribution in [3.63, 3.8) is 0 Å². The number of anilines is 1. The lowest BCUT2D eigenvalue weighted by molar-refractivity contribution is -0.112. The minimum Gasteiger partial charge on any atom is -0.297 e. The summed E-state index contributed by atoms with van der Waals surface area (Å²) in [6.07, 6.45) is 3.99. The number of hydrogen-bond acceptors (Lipinski definition) is 4. The maximum Gasteiger partial charge on any atom is 0.268 e. The summed E-state index contributed by atoms with van der Waals surface area (Å²) in [5, 5.41) is 13.3. The average molecular weight is 436 g/mol. The first-order chi connectivity index (χ1) is 14.2. The van der Waals surface area contributed by atoms with Crippen LogP contribution in [0.3, 0.4) is 0 Å². The number of benzene rings is 2. The summed E-state index contributed by atoms with van der Waals surface area (Å²) >= 11 is 7.41. The fraction of sp³-hybridized carbons (Fsp3) is 0.208. The number of hydrogen-bond donors (Lipinski definition) is 1. The van der Waals surface area contributed by atoms with E-state index in [2.05, 4.69) is 31.1 Å². The van der Waals surface area contributed by atoms with E-state index in [1.807, 2.05) is 54.6 Å². The number of aromatic nitrogens is 1. The van der Waals surface area contributed by atoms with E-state index in [0.717, 1.165) is 16.0 Å². The van der Waals surface area contributed by atoms with Crippen molar-refractivity contribution in [3.05, 3.63) is 86.9 Å². The highest BCUT2D eigenvalue weighted by molar-refractivity contribution is 7.15. The second-order valence-corrected chi connectivity index (χ2v) is 9.49. The SMILES string of the molecule is CC(C)(C)c1ccc(C=C(C#N)C(=O)Nc2ncc(Cc3cccc(Cl)c3)s2)cc1. The lowest BCUT2D eigenvalue weighted by Gasteiger charge is -2.18. The summed E-state index contributed by atoms with van der Waals surface area (Å²) in [7, 11) is 0. The molecule has 1 amide bonds. The predicted octanol–water partition coefficient (Wildman–Crippen LogP) is 6.23. The van der Waals surface area contributed by atoms with E-state index in [-0.39, 0.29) is 11.0 Å². The fourth-order valence-corrected chi connectivity index (χ4v) is 3.91. The highest BCUT2D eigenvalue weighted by atomic mass is 35.5. The Balaban J connectivity index is 1.69. The molecule has 2 aromatic carbocycles. The first kappa shape index (κ1) is 21.8. The molecule has 0 fully saturated rings. The summed E-state index contributed by atoms with van der Waals surface area (Å²) < 4.78 is 0. The van der Waals surface area contributed by atoms with Gasteiger partial charge in [-0.2, -0.15) is 5.26 Å². The molecule has 3 rings (SSSR count). The molecule has 0 unspecified atom stereocenters. The third-order valence-electron chi connectivity index (χ3n) is 4.49. The van der Waals surface area contributed by atoms with Crippen molar-refractivity contribution in [1.82, 2.24) is 4.98 Å². The molecule has 1 N–H and O–H groups in total. The molecule has 0 aliphatic rings. The quantitative estimate of drug-likeness (QED) is 0.381. The number of carbonyl (C=O) groups is 1. The smallest absolute Gasteiger partial charge is 0.268 e. The lowest BCUT2D eigenvalue weighted by atomic mass is 9.86. The van der Waals surface area contributed by atoms with E-state index >= 15 is 0 Å². The normalized spacial score (nSPS) is 11.8. The molecule has 3 aromatic rings. The number of amides is 1. The molecule has 0 spiro atoms. The van der Waals surface area contributed by atoms with E-state index in [0.29, 0.717) is 16.6 Å². The van der Waals surface area contributed by atoms with Gasteiger partial charge in [0.2, 0.25) is 0 Å². The van der Waals surface area contributed by atoms with Crippen LogP contribution in [0.4, 0.5) is 5.13 Å². The van der Waals surface area contributed by atoms with Crippen LogP contribution < -0.4 is 5.32 Å². The highest BCUT2D eigenvalue weighted by Gasteiger charge is 2.14. The van der Waals surface area contributed by atoms with Crippen LogP contribution in [0.1, 0.15) is 42.3 Å². The fourth-order valence-electron chi connectivity index (χ4n) is 2.85. The average Bonchev–Trinajstić information content (AvgIpc) is 3.12. The molecule has 30 heavy (non-hydrogen) atoms. The molecule has 0 aliphatic carbocycles. The zero-order valence-electron chi connectivity index (χ0n) is 17.1. The van der Waals surface area contributed by atoms with Crippen molar-refractivity contribution in [2.75, 3.05) is 5.32 Å². The van der Waals surface area contributed by atoms with Gasteiger partial charge in [-0.25, -0.2) is 4.98 Å². The van der Waals surface area contributed by atoms with Crippen LogP contribution in [0.5, 0.6) is 0 Å². The summed E-state index contributed by atoms with van der Waals surface area (Å²) in [6, 6.07) is 17.5. The lowest BCUT2D eigenvalue weighted by Crippen LogP contribution is -2.13. The van der Waals surface area contributed by atoms with Gasteiger partial charge in [0, 0.05) is 22.5 Å². The Morgan fingerprint density at radius 2 is 1.97 bits per heavy atom. The van der Waals surface area contributed by atoms with Gasteiger partial charge in [-0.15, -0.1) is 11.3 Å². The van der Waals surface area contributed by atoms with Crippen LogP contribution in [0.15, 0.2) is 60.3 Å². The van der Waals surface area contributed by atoms with Crippen molar-refractivity contribution in [2.24, 2.45) is 0 Å². The van der Waals surface area contributed by atoms with E-state index in [4.69, 9.17) is 11.6 Å². The van der Waals surface area contributed by atoms with Gasteiger partial charge in [0.1, 0.15) is 11.6 Å². The number of halogens is 1. The number of nitriles is 1. The molecule has 0 saturated heterocycles. The number of nitrogens with one attached hydrogen (secondary N) is 1. The predicted molar refractivity (Wildman–Crippen MR) is 124 cm³/mol. The van der Waals surface area contributed by atoms with Gasteiger partial charge < -0.3 is 0 Å². The second-order valence-electron chi connectivity index (χ2n) is 7.93. The molecule has 1 heterocycles. The van der Waals surface area contributed by atoms with E-state index in [1.54, 1.807) is 12.3 Å². The molecule has 1 aromatic heterocycles. The van der Waals surface area contributed by atoms with Crippen LogP contribution in [0.2, 0.25) is 5.02 Å². The minimum absolute atomic E-state index is 0.0325. The molecule has 6 heteroatoms. The molecular formula is C24H22ClN3OS. The number of carbonyl (C=O) groups excluding carboxylic acids is 1. The summed E-state index contributed by atoms with van der Waals surface area (Å²) in [5.41, 5.74) is 3.14. The second kappa shape index (κ2) is 9.25. The van der Waals surface area contributed by atoms with E-state index < -0.39 is 5.91 Å². The number of thiazole rings is 1. The van der Waals surface area contributed by atoms with Crippen LogP contribution in [0, 0.1) is 11.3 Å². The largest absolute Gasteiger partial charge is 0.297 e. The van der Waals surface area contributed by atoms with Crippen molar-refractivity contribution < 1.29 is 4.79 Å². The van der Waals surface area contributed by atoms with Gasteiger partial charge in [0.15, 0.2) is 5.13 Å². The minimum atomic E-state index is -0.471. The van der Waals surface area contributed by atoms with Crippen molar-refractivity contribution in [1.29, 1.82) is 5.26 Å². The topological polar surface area (TPSA) is 65.8 Å². The Labute approximate surface area is 185 Å². The maximum absolute atomic E-state index is 12.5. The first-order valence-electron chi connectivity index (χ1n) is 9.47. The Morgan fingerprint density at radius 1 is 1.23 bits per heavy atom. The van der Waals surface area contributed by atoms with Gasteiger partial charge in [0.25, 0.3) is 5.91 Å². The standard InChI is InChI=1S/C24H22ClN3OS/c1-24(2,3)19-9-7-16(8-10-19)11-18(14-26)22(29)28-23-27-15-21(30-23)13-17-5-4-6-20(25)12-17/h4-12,15H,13H2,1-3H3,(H,27,28,29). The van der Waals surface area contributed by atoms with Gasteiger partial charge >= 0.3 is 0 Å². The van der Waals surface area contributed by atoms with Crippen molar-refractivity contribution in [3.8, 4) is 6.07 Å². The van der Waals surface area contributed by atoms with Crippen molar-refractivity contribution >= 4 is 40.1 Å². The van der Waals surface area contributed by atoms with E-state index in [1.165, 1.54) is 16.9 Å². The molecule has 0 radical (unpaired) electrons. The summed E-state index contributed by atoms with van der Waals surface area (Å²) in [4.78, 5) is 17.8. The Morgan fingerprint density at radius 3 is 2.60 bits per heavy atom. The highest BCUT2D eigenvalue weighted by Crippen LogP contribution is 2.24.